The second kappa shape index (κ2) is 5.02. The molecular formula is C13H19ClN4. The SMILES string of the molecule is Cc1cc(N2CCN3CCCCC3C2)nc(Cl)n1. The fourth-order valence-corrected chi connectivity index (χ4v) is 3.26. The Labute approximate surface area is 113 Å². The largest absolute Gasteiger partial charge is 0.354 e. The van der Waals surface area contributed by atoms with Crippen molar-refractivity contribution in [2.45, 2.75) is 32.2 Å². The molecule has 0 saturated carbocycles. The third-order valence-electron chi connectivity index (χ3n) is 3.97. The van der Waals surface area contributed by atoms with Crippen LogP contribution in [0.1, 0.15) is 25.0 Å². The maximum atomic E-state index is 5.95. The van der Waals surface area contributed by atoms with Gasteiger partial charge in [0.2, 0.25) is 5.28 Å². The van der Waals surface area contributed by atoms with Crippen LogP contribution in [0, 0.1) is 6.92 Å². The molecule has 2 saturated heterocycles. The zero-order valence-electron chi connectivity index (χ0n) is 10.8. The second-order valence-corrected chi connectivity index (χ2v) is 5.61. The Morgan fingerprint density at radius 3 is 2.94 bits per heavy atom. The summed E-state index contributed by atoms with van der Waals surface area (Å²) in [5.74, 6) is 0.984. The van der Waals surface area contributed by atoms with Crippen molar-refractivity contribution in [1.29, 1.82) is 0 Å². The van der Waals surface area contributed by atoms with Crippen LogP contribution >= 0.6 is 11.6 Å². The minimum Gasteiger partial charge on any atom is -0.354 e. The number of aryl methyl sites for hydroxylation is 1. The third-order valence-corrected chi connectivity index (χ3v) is 4.14. The van der Waals surface area contributed by atoms with Crippen LogP contribution in [0.3, 0.4) is 0 Å². The van der Waals surface area contributed by atoms with Crippen molar-refractivity contribution in [2.24, 2.45) is 0 Å². The van der Waals surface area contributed by atoms with E-state index >= 15 is 0 Å². The minimum atomic E-state index is 0.357. The summed E-state index contributed by atoms with van der Waals surface area (Å²) in [6.07, 6.45) is 4.03. The molecule has 0 aliphatic carbocycles. The molecule has 98 valence electrons. The number of hydrogen-bond donors (Lipinski definition) is 0. The van der Waals surface area contributed by atoms with Gasteiger partial charge in [-0.2, -0.15) is 0 Å². The summed E-state index contributed by atoms with van der Waals surface area (Å²) in [5, 5.41) is 0.357. The Hall–Kier alpha value is -0.870. The number of nitrogens with zero attached hydrogens (tertiary/aromatic N) is 4. The lowest BCUT2D eigenvalue weighted by Crippen LogP contribution is -2.55. The molecule has 0 spiro atoms. The highest BCUT2D eigenvalue weighted by Crippen LogP contribution is 2.24. The van der Waals surface area contributed by atoms with E-state index < -0.39 is 0 Å². The van der Waals surface area contributed by atoms with Crippen LogP contribution in [0.25, 0.3) is 0 Å². The second-order valence-electron chi connectivity index (χ2n) is 5.27. The van der Waals surface area contributed by atoms with Gasteiger partial charge in [-0.15, -0.1) is 0 Å². The van der Waals surface area contributed by atoms with Gasteiger partial charge in [-0.3, -0.25) is 4.90 Å². The van der Waals surface area contributed by atoms with Crippen molar-refractivity contribution >= 4 is 17.4 Å². The van der Waals surface area contributed by atoms with Crippen molar-refractivity contribution in [3.05, 3.63) is 17.0 Å². The van der Waals surface area contributed by atoms with E-state index in [2.05, 4.69) is 19.8 Å². The van der Waals surface area contributed by atoms with Gasteiger partial charge in [0, 0.05) is 37.4 Å². The summed E-state index contributed by atoms with van der Waals surface area (Å²) < 4.78 is 0. The number of rotatable bonds is 1. The number of hydrogen-bond acceptors (Lipinski definition) is 4. The Bertz CT molecular complexity index is 417. The molecular weight excluding hydrogens is 248 g/mol. The van der Waals surface area contributed by atoms with E-state index in [1.807, 2.05) is 13.0 Å². The summed E-state index contributed by atoms with van der Waals surface area (Å²) in [6.45, 7) is 6.50. The molecule has 4 nitrogen and oxygen atoms in total. The topological polar surface area (TPSA) is 32.3 Å². The van der Waals surface area contributed by atoms with Gasteiger partial charge in [0.1, 0.15) is 5.82 Å². The molecule has 2 aliphatic heterocycles. The van der Waals surface area contributed by atoms with Crippen LogP contribution < -0.4 is 4.90 Å². The number of halogens is 1. The first-order chi connectivity index (χ1) is 8.72. The molecule has 18 heavy (non-hydrogen) atoms. The van der Waals surface area contributed by atoms with Crippen LogP contribution in [-0.2, 0) is 0 Å². The molecule has 5 heteroatoms. The zero-order valence-corrected chi connectivity index (χ0v) is 11.5. The van der Waals surface area contributed by atoms with Crippen molar-refractivity contribution < 1.29 is 0 Å². The summed E-state index contributed by atoms with van der Waals surface area (Å²) in [4.78, 5) is 13.5. The summed E-state index contributed by atoms with van der Waals surface area (Å²) in [5.41, 5.74) is 0.941. The van der Waals surface area contributed by atoms with Gasteiger partial charge in [0.05, 0.1) is 0 Å². The molecule has 1 atom stereocenters. The number of aromatic nitrogens is 2. The van der Waals surface area contributed by atoms with E-state index in [1.54, 1.807) is 0 Å². The molecule has 0 bridgehead atoms. The molecule has 2 fully saturated rings. The fourth-order valence-electron chi connectivity index (χ4n) is 3.04. The van der Waals surface area contributed by atoms with Crippen LogP contribution in [0.4, 0.5) is 5.82 Å². The lowest BCUT2D eigenvalue weighted by Gasteiger charge is -2.44. The number of fused-ring (bicyclic) bond motifs is 1. The molecule has 1 unspecified atom stereocenters. The Balaban J connectivity index is 1.76. The van der Waals surface area contributed by atoms with Crippen LogP contribution in [0.15, 0.2) is 6.07 Å². The number of anilines is 1. The molecule has 0 amide bonds. The third kappa shape index (κ3) is 2.45. The predicted octanol–water partition coefficient (Wildman–Crippen LogP) is 2.11. The van der Waals surface area contributed by atoms with Crippen molar-refractivity contribution in [3.8, 4) is 0 Å². The van der Waals surface area contributed by atoms with E-state index in [0.717, 1.165) is 31.1 Å². The van der Waals surface area contributed by atoms with Gasteiger partial charge >= 0.3 is 0 Å². The lowest BCUT2D eigenvalue weighted by atomic mass is 9.99. The molecule has 3 rings (SSSR count). The van der Waals surface area contributed by atoms with E-state index in [9.17, 15) is 0 Å². The molecule has 1 aromatic heterocycles. The van der Waals surface area contributed by atoms with Gasteiger partial charge in [-0.25, -0.2) is 9.97 Å². The highest BCUT2D eigenvalue weighted by atomic mass is 35.5. The lowest BCUT2D eigenvalue weighted by molar-refractivity contribution is 0.133. The fraction of sp³-hybridized carbons (Fsp3) is 0.692. The van der Waals surface area contributed by atoms with Crippen LogP contribution in [0.5, 0.6) is 0 Å². The van der Waals surface area contributed by atoms with Crippen LogP contribution in [-0.4, -0.2) is 47.1 Å². The minimum absolute atomic E-state index is 0.357. The predicted molar refractivity (Wildman–Crippen MR) is 73.2 cm³/mol. The highest BCUT2D eigenvalue weighted by Gasteiger charge is 2.29. The standard InChI is InChI=1S/C13H19ClN4/c1-10-8-12(16-13(14)15-10)18-7-6-17-5-3-2-4-11(17)9-18/h8,11H,2-7,9H2,1H3. The number of piperidine rings is 1. The zero-order chi connectivity index (χ0) is 12.5. The van der Waals surface area contributed by atoms with Gasteiger partial charge in [-0.1, -0.05) is 6.42 Å². The average Bonchev–Trinajstić information content (AvgIpc) is 2.37. The first kappa shape index (κ1) is 12.2. The smallest absolute Gasteiger partial charge is 0.224 e. The monoisotopic (exact) mass is 266 g/mol. The van der Waals surface area contributed by atoms with E-state index in [4.69, 9.17) is 11.6 Å². The highest BCUT2D eigenvalue weighted by molar-refractivity contribution is 6.28. The quantitative estimate of drug-likeness (QED) is 0.729. The summed E-state index contributed by atoms with van der Waals surface area (Å²) >= 11 is 5.95. The van der Waals surface area contributed by atoms with E-state index in [-0.39, 0.29) is 0 Å². The molecule has 0 N–H and O–H groups in total. The van der Waals surface area contributed by atoms with Gasteiger partial charge < -0.3 is 4.90 Å². The average molecular weight is 267 g/mol. The van der Waals surface area contributed by atoms with Gasteiger partial charge in [-0.05, 0) is 37.9 Å². The van der Waals surface area contributed by atoms with Crippen LogP contribution in [0.2, 0.25) is 5.28 Å². The molecule has 2 aliphatic rings. The Morgan fingerprint density at radius 1 is 1.22 bits per heavy atom. The normalized spacial score (nSPS) is 25.0. The van der Waals surface area contributed by atoms with E-state index in [0.29, 0.717) is 11.3 Å². The first-order valence-corrected chi connectivity index (χ1v) is 7.10. The maximum absolute atomic E-state index is 5.95. The molecule has 0 radical (unpaired) electrons. The summed E-state index contributed by atoms with van der Waals surface area (Å²) in [7, 11) is 0. The van der Waals surface area contributed by atoms with Crippen molar-refractivity contribution in [3.63, 3.8) is 0 Å². The Kier molecular flexibility index (Phi) is 3.39. The van der Waals surface area contributed by atoms with E-state index in [1.165, 1.54) is 25.8 Å². The van der Waals surface area contributed by atoms with Crippen molar-refractivity contribution in [2.75, 3.05) is 31.1 Å². The Morgan fingerprint density at radius 2 is 2.11 bits per heavy atom. The van der Waals surface area contributed by atoms with Crippen molar-refractivity contribution in [1.82, 2.24) is 14.9 Å². The first-order valence-electron chi connectivity index (χ1n) is 6.72. The number of piperazine rings is 1. The molecule has 0 aromatic carbocycles. The summed E-state index contributed by atoms with van der Waals surface area (Å²) in [6, 6.07) is 2.73. The molecule has 3 heterocycles. The molecule has 1 aromatic rings. The van der Waals surface area contributed by atoms with Gasteiger partial charge in [0.25, 0.3) is 0 Å². The van der Waals surface area contributed by atoms with Gasteiger partial charge in [0.15, 0.2) is 0 Å². The maximum Gasteiger partial charge on any atom is 0.224 e.